The topological polar surface area (TPSA) is 83.3 Å². The molecule has 0 saturated carbocycles. The maximum atomic E-state index is 12.5. The van der Waals surface area contributed by atoms with Crippen molar-refractivity contribution < 1.29 is 19.1 Å². The molecule has 3 aromatic rings. The van der Waals surface area contributed by atoms with Crippen molar-refractivity contribution in [2.45, 2.75) is 20.8 Å². The van der Waals surface area contributed by atoms with Crippen LogP contribution in [-0.4, -0.2) is 39.7 Å². The van der Waals surface area contributed by atoms with Crippen molar-refractivity contribution >= 4 is 22.8 Å². The van der Waals surface area contributed by atoms with E-state index in [9.17, 15) is 9.59 Å². The minimum atomic E-state index is -0.453. The van der Waals surface area contributed by atoms with Gasteiger partial charge in [0.05, 0.1) is 29.9 Å². The van der Waals surface area contributed by atoms with E-state index in [2.05, 4.69) is 9.97 Å². The van der Waals surface area contributed by atoms with Gasteiger partial charge in [-0.3, -0.25) is 4.57 Å². The predicted octanol–water partition coefficient (Wildman–Crippen LogP) is 3.08. The largest absolute Gasteiger partial charge is 0.462 e. The molecule has 0 aliphatic rings. The molecule has 0 spiro atoms. The zero-order valence-electron chi connectivity index (χ0n) is 14.9. The smallest absolute Gasteiger partial charge is 0.340 e. The van der Waals surface area contributed by atoms with Gasteiger partial charge in [0.2, 0.25) is 5.95 Å². The summed E-state index contributed by atoms with van der Waals surface area (Å²) < 4.78 is 12.0. The molecule has 7 heteroatoms. The predicted molar refractivity (Wildman–Crippen MR) is 95.5 cm³/mol. The highest BCUT2D eigenvalue weighted by Gasteiger charge is 2.24. The molecule has 0 aliphatic carbocycles. The molecule has 0 bridgehead atoms. The van der Waals surface area contributed by atoms with Crippen LogP contribution in [0.3, 0.4) is 0 Å². The average molecular weight is 353 g/mol. The Hall–Kier alpha value is -3.22. The molecule has 0 N–H and O–H groups in total. The van der Waals surface area contributed by atoms with E-state index < -0.39 is 11.9 Å². The van der Waals surface area contributed by atoms with Gasteiger partial charge in [0.25, 0.3) is 0 Å². The molecule has 0 atom stereocenters. The molecular formula is C19H19N3O4. The molecule has 0 fully saturated rings. The molecule has 26 heavy (non-hydrogen) atoms. The average Bonchev–Trinajstić information content (AvgIpc) is 2.93. The Bertz CT molecular complexity index is 964. The van der Waals surface area contributed by atoms with Crippen LogP contribution < -0.4 is 0 Å². The number of carbonyl (C=O) groups is 2. The van der Waals surface area contributed by atoms with Gasteiger partial charge in [0.1, 0.15) is 0 Å². The van der Waals surface area contributed by atoms with Gasteiger partial charge in [-0.25, -0.2) is 19.6 Å². The molecule has 0 unspecified atom stereocenters. The highest BCUT2D eigenvalue weighted by molar-refractivity contribution is 6.08. The summed E-state index contributed by atoms with van der Waals surface area (Å²) in [5.74, 6) is -0.453. The first-order valence-corrected chi connectivity index (χ1v) is 8.35. The summed E-state index contributed by atoms with van der Waals surface area (Å²) in [4.78, 5) is 33.2. The molecule has 1 aromatic carbocycles. The normalized spacial score (nSPS) is 10.7. The minimum Gasteiger partial charge on any atom is -0.462 e. The summed E-state index contributed by atoms with van der Waals surface area (Å²) in [6.45, 7) is 5.82. The number of hydrogen-bond acceptors (Lipinski definition) is 6. The lowest BCUT2D eigenvalue weighted by molar-refractivity contribution is 0.0515. The SMILES string of the molecule is CCOC(=O)c1ccc2c(c1)c(C(=O)OCC)c(C)n2-c1ncccn1. The van der Waals surface area contributed by atoms with Crippen LogP contribution in [0, 0.1) is 6.92 Å². The maximum Gasteiger partial charge on any atom is 0.340 e. The van der Waals surface area contributed by atoms with Crippen LogP contribution in [0.4, 0.5) is 0 Å². The molecule has 7 nitrogen and oxygen atoms in total. The van der Waals surface area contributed by atoms with Gasteiger partial charge in [-0.2, -0.15) is 0 Å². The van der Waals surface area contributed by atoms with Crippen molar-refractivity contribution in [1.29, 1.82) is 0 Å². The lowest BCUT2D eigenvalue weighted by Crippen LogP contribution is -2.08. The van der Waals surface area contributed by atoms with Crippen LogP contribution in [0.5, 0.6) is 0 Å². The minimum absolute atomic E-state index is 0.254. The van der Waals surface area contributed by atoms with Gasteiger partial charge in [-0.1, -0.05) is 0 Å². The van der Waals surface area contributed by atoms with E-state index in [1.165, 1.54) is 0 Å². The van der Waals surface area contributed by atoms with E-state index in [4.69, 9.17) is 9.47 Å². The molecule has 3 rings (SSSR count). The van der Waals surface area contributed by atoms with Crippen LogP contribution in [0.2, 0.25) is 0 Å². The Morgan fingerprint density at radius 3 is 2.35 bits per heavy atom. The van der Waals surface area contributed by atoms with Crippen LogP contribution in [0.15, 0.2) is 36.7 Å². The number of rotatable bonds is 5. The van der Waals surface area contributed by atoms with Crippen molar-refractivity contribution in [3.05, 3.63) is 53.5 Å². The summed E-state index contributed by atoms with van der Waals surface area (Å²) >= 11 is 0. The van der Waals surface area contributed by atoms with Crippen molar-refractivity contribution in [3.63, 3.8) is 0 Å². The summed E-state index contributed by atoms with van der Waals surface area (Å²) in [6, 6.07) is 6.78. The van der Waals surface area contributed by atoms with Crippen molar-refractivity contribution in [3.8, 4) is 5.95 Å². The fourth-order valence-electron chi connectivity index (χ4n) is 2.89. The second-order valence-corrected chi connectivity index (χ2v) is 5.52. The molecule has 2 heterocycles. The van der Waals surface area contributed by atoms with Crippen molar-refractivity contribution in [2.24, 2.45) is 0 Å². The van der Waals surface area contributed by atoms with Gasteiger partial charge in [0.15, 0.2) is 0 Å². The first-order valence-electron chi connectivity index (χ1n) is 8.35. The number of benzene rings is 1. The number of aromatic nitrogens is 3. The monoisotopic (exact) mass is 353 g/mol. The first kappa shape index (κ1) is 17.6. The highest BCUT2D eigenvalue weighted by atomic mass is 16.5. The van der Waals surface area contributed by atoms with E-state index in [1.54, 1.807) is 62.0 Å². The quantitative estimate of drug-likeness (QED) is 0.656. The number of hydrogen-bond donors (Lipinski definition) is 0. The number of ether oxygens (including phenoxy) is 2. The summed E-state index contributed by atoms with van der Waals surface area (Å²) in [7, 11) is 0. The van der Waals surface area contributed by atoms with Gasteiger partial charge in [-0.05, 0) is 45.0 Å². The zero-order valence-corrected chi connectivity index (χ0v) is 14.9. The van der Waals surface area contributed by atoms with Crippen LogP contribution in [0.1, 0.15) is 40.3 Å². The summed E-state index contributed by atoms with van der Waals surface area (Å²) in [6.07, 6.45) is 3.26. The number of carbonyl (C=O) groups excluding carboxylic acids is 2. The Morgan fingerprint density at radius 2 is 1.69 bits per heavy atom. The molecular weight excluding hydrogens is 334 g/mol. The third kappa shape index (κ3) is 3.03. The number of esters is 2. The van der Waals surface area contributed by atoms with Crippen LogP contribution >= 0.6 is 0 Å². The molecule has 0 saturated heterocycles. The molecule has 0 amide bonds. The van der Waals surface area contributed by atoms with Gasteiger partial charge >= 0.3 is 11.9 Å². The van der Waals surface area contributed by atoms with E-state index in [1.807, 2.05) is 0 Å². The standard InChI is InChI=1S/C19H19N3O4/c1-4-25-17(23)13-7-8-15-14(11-13)16(18(24)26-5-2)12(3)22(15)19-20-9-6-10-21-19/h6-11H,4-5H2,1-3H3. The van der Waals surface area contributed by atoms with E-state index >= 15 is 0 Å². The zero-order chi connectivity index (χ0) is 18.7. The number of fused-ring (bicyclic) bond motifs is 1. The Morgan fingerprint density at radius 1 is 1.04 bits per heavy atom. The third-order valence-electron chi connectivity index (χ3n) is 3.95. The fraction of sp³-hybridized carbons (Fsp3) is 0.263. The molecule has 2 aromatic heterocycles. The lowest BCUT2D eigenvalue weighted by atomic mass is 10.1. The number of nitrogens with zero attached hydrogens (tertiary/aromatic N) is 3. The maximum absolute atomic E-state index is 12.5. The second-order valence-electron chi connectivity index (χ2n) is 5.52. The summed E-state index contributed by atoms with van der Waals surface area (Å²) in [5.41, 5.74) is 2.12. The molecule has 0 aliphatic heterocycles. The molecule has 0 radical (unpaired) electrons. The van der Waals surface area contributed by atoms with Crippen LogP contribution in [-0.2, 0) is 9.47 Å². The van der Waals surface area contributed by atoms with Crippen molar-refractivity contribution in [2.75, 3.05) is 13.2 Å². The second kappa shape index (κ2) is 7.35. The van der Waals surface area contributed by atoms with Gasteiger partial charge < -0.3 is 9.47 Å². The van der Waals surface area contributed by atoms with E-state index in [0.717, 1.165) is 0 Å². The third-order valence-corrected chi connectivity index (χ3v) is 3.95. The fourth-order valence-corrected chi connectivity index (χ4v) is 2.89. The Kier molecular flexibility index (Phi) is 4.97. The Balaban J connectivity index is 2.27. The van der Waals surface area contributed by atoms with E-state index in [-0.39, 0.29) is 13.2 Å². The van der Waals surface area contributed by atoms with Gasteiger partial charge in [0, 0.05) is 23.5 Å². The van der Waals surface area contributed by atoms with E-state index in [0.29, 0.717) is 33.7 Å². The summed E-state index contributed by atoms with van der Waals surface area (Å²) in [5, 5.41) is 0.596. The van der Waals surface area contributed by atoms with Gasteiger partial charge in [-0.15, -0.1) is 0 Å². The highest BCUT2D eigenvalue weighted by Crippen LogP contribution is 2.29. The lowest BCUT2D eigenvalue weighted by Gasteiger charge is -2.06. The Labute approximate surface area is 150 Å². The molecule has 134 valence electrons. The first-order chi connectivity index (χ1) is 12.6. The van der Waals surface area contributed by atoms with Crippen LogP contribution in [0.25, 0.3) is 16.9 Å². The van der Waals surface area contributed by atoms with Crippen molar-refractivity contribution in [1.82, 2.24) is 14.5 Å².